The molecule has 2 N–H and O–H groups in total. The summed E-state index contributed by atoms with van der Waals surface area (Å²) in [6, 6.07) is 0. The molecule has 0 aromatic carbocycles. The molecule has 0 aliphatic carbocycles. The highest BCUT2D eigenvalue weighted by Crippen LogP contribution is 2.10. The summed E-state index contributed by atoms with van der Waals surface area (Å²) in [4.78, 5) is 9.87. The van der Waals surface area contributed by atoms with E-state index in [0.717, 1.165) is 31.4 Å². The minimum absolute atomic E-state index is 0. The number of guanidine groups is 1. The zero-order valence-electron chi connectivity index (χ0n) is 13.6. The second-order valence-electron chi connectivity index (χ2n) is 5.43. The van der Waals surface area contributed by atoms with Gasteiger partial charge in [-0.15, -0.1) is 35.3 Å². The van der Waals surface area contributed by atoms with Crippen molar-refractivity contribution in [2.45, 2.75) is 46.5 Å². The van der Waals surface area contributed by atoms with E-state index in [1.807, 2.05) is 13.2 Å². The number of aryl methyl sites for hydroxylation is 1. The molecule has 0 spiro atoms. The van der Waals surface area contributed by atoms with Gasteiger partial charge in [-0.05, 0) is 19.3 Å². The summed E-state index contributed by atoms with van der Waals surface area (Å²) in [5, 5.41) is 7.87. The Morgan fingerprint density at radius 3 is 2.57 bits per heavy atom. The van der Waals surface area contributed by atoms with Gasteiger partial charge < -0.3 is 10.6 Å². The van der Waals surface area contributed by atoms with Crippen LogP contribution in [0.4, 0.5) is 0 Å². The van der Waals surface area contributed by atoms with Crippen LogP contribution in [0, 0.1) is 12.8 Å². The molecule has 0 amide bonds. The number of halogens is 1. The van der Waals surface area contributed by atoms with Crippen molar-refractivity contribution in [3.05, 3.63) is 16.1 Å². The number of hydrogen-bond donors (Lipinski definition) is 2. The zero-order valence-corrected chi connectivity index (χ0v) is 16.8. The fourth-order valence-electron chi connectivity index (χ4n) is 1.91. The summed E-state index contributed by atoms with van der Waals surface area (Å²) < 4.78 is 0. The molecule has 6 heteroatoms. The van der Waals surface area contributed by atoms with Gasteiger partial charge in [-0.25, -0.2) is 4.98 Å². The number of thiazole rings is 1. The number of aromatic nitrogens is 1. The zero-order chi connectivity index (χ0) is 14.8. The van der Waals surface area contributed by atoms with Crippen LogP contribution < -0.4 is 10.6 Å². The minimum atomic E-state index is 0. The highest BCUT2D eigenvalue weighted by molar-refractivity contribution is 14.0. The predicted octanol–water partition coefficient (Wildman–Crippen LogP) is 3.60. The fraction of sp³-hybridized carbons (Fsp3) is 0.733. The van der Waals surface area contributed by atoms with E-state index in [4.69, 9.17) is 0 Å². The van der Waals surface area contributed by atoms with Crippen LogP contribution in [0.25, 0.3) is 0 Å². The molecule has 1 heterocycles. The molecule has 0 bridgehead atoms. The van der Waals surface area contributed by atoms with Crippen molar-refractivity contribution < 1.29 is 0 Å². The monoisotopic (exact) mass is 424 g/mol. The summed E-state index contributed by atoms with van der Waals surface area (Å²) in [7, 11) is 1.82. The largest absolute Gasteiger partial charge is 0.356 e. The summed E-state index contributed by atoms with van der Waals surface area (Å²) in [5.74, 6) is 1.69. The molecule has 21 heavy (non-hydrogen) atoms. The second-order valence-corrected chi connectivity index (χ2v) is 6.75. The molecule has 0 unspecified atom stereocenters. The number of nitrogens with zero attached hydrogens (tertiary/aromatic N) is 2. The summed E-state index contributed by atoms with van der Waals surface area (Å²) in [6.07, 6.45) is 6.66. The van der Waals surface area contributed by atoms with E-state index in [1.54, 1.807) is 11.3 Å². The van der Waals surface area contributed by atoms with Gasteiger partial charge in [0.15, 0.2) is 5.96 Å². The van der Waals surface area contributed by atoms with Crippen LogP contribution >= 0.6 is 35.3 Å². The van der Waals surface area contributed by atoms with Gasteiger partial charge in [0.25, 0.3) is 0 Å². The lowest BCUT2D eigenvalue weighted by molar-refractivity contribution is 0.534. The van der Waals surface area contributed by atoms with E-state index in [1.165, 1.54) is 29.1 Å². The molecular weight excluding hydrogens is 395 g/mol. The molecule has 1 aromatic rings. The number of hydrogen-bond acceptors (Lipinski definition) is 3. The number of rotatable bonds is 8. The maximum absolute atomic E-state index is 4.36. The molecule has 0 saturated carbocycles. The molecular formula is C15H29IN4S. The molecule has 0 atom stereocenters. The molecule has 0 aliphatic rings. The number of unbranched alkanes of at least 4 members (excludes halogenated alkanes) is 1. The molecule has 1 rings (SSSR count). The summed E-state index contributed by atoms with van der Waals surface area (Å²) >= 11 is 1.76. The van der Waals surface area contributed by atoms with Gasteiger partial charge in [0.1, 0.15) is 0 Å². The van der Waals surface area contributed by atoms with Crippen LogP contribution in [-0.4, -0.2) is 31.1 Å². The highest BCUT2D eigenvalue weighted by atomic mass is 127. The lowest BCUT2D eigenvalue weighted by Crippen LogP contribution is -2.38. The van der Waals surface area contributed by atoms with Gasteiger partial charge >= 0.3 is 0 Å². The van der Waals surface area contributed by atoms with Gasteiger partial charge in [0, 0.05) is 37.6 Å². The van der Waals surface area contributed by atoms with Crippen molar-refractivity contribution in [3.63, 3.8) is 0 Å². The molecule has 4 nitrogen and oxygen atoms in total. The Morgan fingerprint density at radius 2 is 2.00 bits per heavy atom. The van der Waals surface area contributed by atoms with Crippen molar-refractivity contribution in [2.75, 3.05) is 20.1 Å². The van der Waals surface area contributed by atoms with Crippen LogP contribution in [0.1, 0.15) is 43.0 Å². The molecule has 122 valence electrons. The van der Waals surface area contributed by atoms with Crippen molar-refractivity contribution >= 4 is 41.3 Å². The van der Waals surface area contributed by atoms with Crippen molar-refractivity contribution in [1.82, 2.24) is 15.6 Å². The maximum atomic E-state index is 4.36. The molecule has 0 fully saturated rings. The molecule has 0 saturated heterocycles. The average molecular weight is 424 g/mol. The first kappa shape index (κ1) is 20.6. The summed E-state index contributed by atoms with van der Waals surface area (Å²) in [6.45, 7) is 8.50. The Bertz CT molecular complexity index is 404. The van der Waals surface area contributed by atoms with Crippen molar-refractivity contribution in [3.8, 4) is 0 Å². The van der Waals surface area contributed by atoms with Crippen LogP contribution in [0.3, 0.4) is 0 Å². The molecule has 0 radical (unpaired) electrons. The Balaban J connectivity index is 0.00000400. The smallest absolute Gasteiger partial charge is 0.190 e. The SMILES string of the molecule is CN=C(NCCCCC(C)C)NCCc1ncc(C)s1.I. The van der Waals surface area contributed by atoms with E-state index in [0.29, 0.717) is 0 Å². The maximum Gasteiger partial charge on any atom is 0.190 e. The van der Waals surface area contributed by atoms with Gasteiger partial charge in [0.05, 0.1) is 5.01 Å². The van der Waals surface area contributed by atoms with Gasteiger partial charge in [0.2, 0.25) is 0 Å². The summed E-state index contributed by atoms with van der Waals surface area (Å²) in [5.41, 5.74) is 0. The van der Waals surface area contributed by atoms with E-state index >= 15 is 0 Å². The van der Waals surface area contributed by atoms with E-state index in [-0.39, 0.29) is 24.0 Å². The van der Waals surface area contributed by atoms with E-state index in [2.05, 4.69) is 41.4 Å². The lowest BCUT2D eigenvalue weighted by Gasteiger charge is -2.11. The van der Waals surface area contributed by atoms with Gasteiger partial charge in [-0.3, -0.25) is 4.99 Å². The Hall–Kier alpha value is -0.370. The molecule has 1 aromatic heterocycles. The van der Waals surface area contributed by atoms with E-state index in [9.17, 15) is 0 Å². The normalized spacial score (nSPS) is 11.4. The lowest BCUT2D eigenvalue weighted by atomic mass is 10.1. The second kappa shape index (κ2) is 12.2. The number of aliphatic imine (C=N–C) groups is 1. The van der Waals surface area contributed by atoms with Crippen molar-refractivity contribution in [2.24, 2.45) is 10.9 Å². The minimum Gasteiger partial charge on any atom is -0.356 e. The topological polar surface area (TPSA) is 49.3 Å². The van der Waals surface area contributed by atoms with Crippen molar-refractivity contribution in [1.29, 1.82) is 0 Å². The van der Waals surface area contributed by atoms with Crippen LogP contribution in [0.2, 0.25) is 0 Å². The van der Waals surface area contributed by atoms with Crippen LogP contribution in [0.15, 0.2) is 11.2 Å². The Morgan fingerprint density at radius 1 is 1.29 bits per heavy atom. The third kappa shape index (κ3) is 10.1. The first-order valence-corrected chi connectivity index (χ1v) is 8.29. The predicted molar refractivity (Wildman–Crippen MR) is 104 cm³/mol. The van der Waals surface area contributed by atoms with Gasteiger partial charge in [-0.2, -0.15) is 0 Å². The van der Waals surface area contributed by atoms with E-state index < -0.39 is 0 Å². The van der Waals surface area contributed by atoms with Crippen LogP contribution in [-0.2, 0) is 6.42 Å². The van der Waals surface area contributed by atoms with Gasteiger partial charge in [-0.1, -0.05) is 26.7 Å². The van der Waals surface area contributed by atoms with Crippen LogP contribution in [0.5, 0.6) is 0 Å². The first-order valence-electron chi connectivity index (χ1n) is 7.47. The average Bonchev–Trinajstić information content (AvgIpc) is 2.81. The standard InChI is InChI=1S/C15H28N4S.HI/c1-12(2)7-5-6-9-17-15(16-4)18-10-8-14-19-11-13(3)20-14;/h11-12H,5-10H2,1-4H3,(H2,16,17,18);1H. The molecule has 0 aliphatic heterocycles. The Labute approximate surface area is 150 Å². The number of nitrogens with one attached hydrogen (secondary N) is 2. The first-order chi connectivity index (χ1) is 9.61. The fourth-order valence-corrected chi connectivity index (χ4v) is 2.70. The highest BCUT2D eigenvalue weighted by Gasteiger charge is 2.01. The Kier molecular flexibility index (Phi) is 12.0. The third-order valence-electron chi connectivity index (χ3n) is 3.02. The quantitative estimate of drug-likeness (QED) is 0.290. The third-order valence-corrected chi connectivity index (χ3v) is 4.00.